The Morgan fingerprint density at radius 1 is 1.32 bits per heavy atom. The summed E-state index contributed by atoms with van der Waals surface area (Å²) in [6.07, 6.45) is 0. The zero-order chi connectivity index (χ0) is 20.7. The summed E-state index contributed by atoms with van der Waals surface area (Å²) in [5, 5.41) is 19.0. The summed E-state index contributed by atoms with van der Waals surface area (Å²) >= 11 is 1.23. The third kappa shape index (κ3) is 6.12. The number of carbonyl (C=O) groups excluding carboxylic acids is 2. The molecule has 9 heteroatoms. The first kappa shape index (κ1) is 21.5. The highest BCUT2D eigenvalue weighted by molar-refractivity contribution is 7.99. The summed E-state index contributed by atoms with van der Waals surface area (Å²) in [6.45, 7) is 5.63. The number of aliphatic carboxylic acids is 1. The van der Waals surface area contributed by atoms with E-state index in [0.29, 0.717) is 17.2 Å². The summed E-state index contributed by atoms with van der Waals surface area (Å²) in [6, 6.07) is 7.39. The van der Waals surface area contributed by atoms with Crippen molar-refractivity contribution in [1.82, 2.24) is 15.2 Å². The van der Waals surface area contributed by atoms with E-state index in [0.717, 1.165) is 22.5 Å². The van der Waals surface area contributed by atoms with Crippen molar-refractivity contribution < 1.29 is 19.4 Å². The Hall–Kier alpha value is -2.81. The number of benzene rings is 1. The molecule has 0 aliphatic rings. The van der Waals surface area contributed by atoms with E-state index in [9.17, 15) is 14.7 Å². The monoisotopic (exact) mass is 403 g/mol. The Bertz CT molecular complexity index is 892. The molecule has 0 atom stereocenters. The van der Waals surface area contributed by atoms with Gasteiger partial charge in [0.25, 0.3) is 5.91 Å². The Morgan fingerprint density at radius 2 is 2.07 bits per heavy atom. The number of ether oxygens (including phenoxy) is 1. The first-order chi connectivity index (χ1) is 13.3. The number of hydrogen-bond acceptors (Lipinski definition) is 7. The van der Waals surface area contributed by atoms with Crippen molar-refractivity contribution in [2.45, 2.75) is 33.1 Å². The Balaban J connectivity index is 2.05. The van der Waals surface area contributed by atoms with Crippen molar-refractivity contribution in [1.29, 1.82) is 0 Å². The largest absolute Gasteiger partial charge is 0.549 e. The molecule has 0 radical (unpaired) electrons. The van der Waals surface area contributed by atoms with Crippen LogP contribution in [0.4, 0.5) is 0 Å². The van der Waals surface area contributed by atoms with E-state index in [1.807, 2.05) is 32.0 Å². The Morgan fingerprint density at radius 3 is 2.68 bits per heavy atom. The topological polar surface area (TPSA) is 109 Å². The fourth-order valence-corrected chi connectivity index (χ4v) is 3.29. The maximum Gasteiger partial charge on any atom is 0.261 e. The molecular weight excluding hydrogens is 380 g/mol. The van der Waals surface area contributed by atoms with Crippen LogP contribution in [0.5, 0.6) is 5.75 Å². The summed E-state index contributed by atoms with van der Waals surface area (Å²) < 4.78 is 6.94. The van der Waals surface area contributed by atoms with E-state index in [4.69, 9.17) is 4.74 Å². The van der Waals surface area contributed by atoms with Gasteiger partial charge in [0.1, 0.15) is 12.3 Å². The molecular formula is C19H23N4O4S-. The average molecular weight is 403 g/mol. The van der Waals surface area contributed by atoms with Crippen molar-refractivity contribution in [3.05, 3.63) is 46.8 Å². The first-order valence-electron chi connectivity index (χ1n) is 8.59. The highest BCUT2D eigenvalue weighted by atomic mass is 32.2. The zero-order valence-electron chi connectivity index (χ0n) is 16.3. The molecule has 1 aromatic heterocycles. The smallest absolute Gasteiger partial charge is 0.261 e. The fourth-order valence-electron chi connectivity index (χ4n) is 2.58. The number of carbonyl (C=O) groups is 2. The molecule has 0 aliphatic carbocycles. The molecule has 0 bridgehead atoms. The third-order valence-corrected chi connectivity index (χ3v) is 4.88. The molecule has 150 valence electrons. The van der Waals surface area contributed by atoms with Crippen LogP contribution in [0, 0.1) is 13.8 Å². The molecule has 28 heavy (non-hydrogen) atoms. The minimum absolute atomic E-state index is 0.0875. The number of aromatic nitrogens is 2. The number of hydrogen-bond donors (Lipinski definition) is 1. The molecule has 0 saturated heterocycles. The lowest BCUT2D eigenvalue weighted by molar-refractivity contribution is -0.301. The van der Waals surface area contributed by atoms with Gasteiger partial charge >= 0.3 is 0 Å². The number of nitrogens with zero attached hydrogens (tertiary/aromatic N) is 3. The summed E-state index contributed by atoms with van der Waals surface area (Å²) in [5.41, 5.74) is 6.56. The van der Waals surface area contributed by atoms with Crippen LogP contribution in [-0.4, -0.2) is 40.2 Å². The van der Waals surface area contributed by atoms with Crippen molar-refractivity contribution in [2.75, 3.05) is 12.9 Å². The normalized spacial score (nSPS) is 11.4. The molecule has 1 amide bonds. The minimum Gasteiger partial charge on any atom is -0.549 e. The molecule has 2 aromatic rings. The molecule has 0 spiro atoms. The molecule has 1 heterocycles. The highest BCUT2D eigenvalue weighted by Crippen LogP contribution is 2.24. The number of thioether (sulfide) groups is 1. The summed E-state index contributed by atoms with van der Waals surface area (Å²) in [7, 11) is 1.56. The van der Waals surface area contributed by atoms with Crippen molar-refractivity contribution in [3.8, 4) is 5.75 Å². The second-order valence-corrected chi connectivity index (χ2v) is 7.19. The maximum absolute atomic E-state index is 12.1. The lowest BCUT2D eigenvalue weighted by atomic mass is 10.1. The number of hydrazone groups is 1. The lowest BCUT2D eigenvalue weighted by Crippen LogP contribution is -2.25. The minimum atomic E-state index is -1.11. The molecule has 8 nitrogen and oxygen atoms in total. The van der Waals surface area contributed by atoms with Gasteiger partial charge in [-0.2, -0.15) is 22.0 Å². The molecule has 1 aromatic carbocycles. The SMILES string of the molecule is COc1ccc(/C(C)=N\NC(=O)Cn2nc(C)cc2C)cc1CSCC(=O)[O-]. The van der Waals surface area contributed by atoms with Crippen molar-refractivity contribution in [3.63, 3.8) is 0 Å². The average Bonchev–Trinajstić information content (AvgIpc) is 2.96. The van der Waals surface area contributed by atoms with Crippen molar-refractivity contribution in [2.24, 2.45) is 5.10 Å². The lowest BCUT2D eigenvalue weighted by Gasteiger charge is -2.11. The van der Waals surface area contributed by atoms with Gasteiger partial charge in [0.05, 0.1) is 24.5 Å². The second-order valence-electron chi connectivity index (χ2n) is 6.21. The molecule has 0 fully saturated rings. The molecule has 0 saturated carbocycles. The number of carboxylic acids is 1. The predicted molar refractivity (Wildman–Crippen MR) is 106 cm³/mol. The van der Waals surface area contributed by atoms with Gasteiger partial charge in [0.15, 0.2) is 0 Å². The number of amides is 1. The van der Waals surface area contributed by atoms with Gasteiger partial charge in [-0.05, 0) is 50.6 Å². The number of aryl methyl sites for hydroxylation is 2. The van der Waals surface area contributed by atoms with Crippen LogP contribution in [0.2, 0.25) is 0 Å². The summed E-state index contributed by atoms with van der Waals surface area (Å²) in [4.78, 5) is 22.7. The van der Waals surface area contributed by atoms with E-state index in [1.54, 1.807) is 24.8 Å². The van der Waals surface area contributed by atoms with Gasteiger partial charge in [0, 0.05) is 22.8 Å². The third-order valence-electron chi connectivity index (χ3n) is 3.92. The predicted octanol–water partition coefficient (Wildman–Crippen LogP) is 1.03. The van der Waals surface area contributed by atoms with E-state index < -0.39 is 5.97 Å². The van der Waals surface area contributed by atoms with Crippen LogP contribution in [0.3, 0.4) is 0 Å². The van der Waals surface area contributed by atoms with Crippen LogP contribution < -0.4 is 15.3 Å². The standard InChI is InChI=1S/C19H24N4O4S/c1-12-7-13(2)23(22-12)9-18(24)21-20-14(3)15-5-6-17(27-4)16(8-15)10-28-11-19(25)26/h5-8H,9-11H2,1-4H3,(H,21,24)(H,25,26)/p-1/b20-14-. The van der Waals surface area contributed by atoms with E-state index in [-0.39, 0.29) is 18.2 Å². The molecule has 0 aliphatic heterocycles. The zero-order valence-corrected chi connectivity index (χ0v) is 17.1. The van der Waals surface area contributed by atoms with Gasteiger partial charge < -0.3 is 14.6 Å². The van der Waals surface area contributed by atoms with Gasteiger partial charge in [0.2, 0.25) is 0 Å². The number of carboxylic acid groups (broad SMARTS) is 1. The molecule has 1 N–H and O–H groups in total. The molecule has 2 rings (SSSR count). The van der Waals surface area contributed by atoms with Gasteiger partial charge in [-0.3, -0.25) is 9.48 Å². The quantitative estimate of drug-likeness (QED) is 0.495. The second kappa shape index (κ2) is 9.93. The van der Waals surface area contributed by atoms with Crippen LogP contribution >= 0.6 is 11.8 Å². The first-order valence-corrected chi connectivity index (χ1v) is 9.74. The van der Waals surface area contributed by atoms with Gasteiger partial charge in [-0.15, -0.1) is 0 Å². The number of methoxy groups -OCH3 is 1. The van der Waals surface area contributed by atoms with Gasteiger partial charge in [-0.25, -0.2) is 5.43 Å². The van der Waals surface area contributed by atoms with E-state index >= 15 is 0 Å². The van der Waals surface area contributed by atoms with Crippen molar-refractivity contribution >= 4 is 29.4 Å². The van der Waals surface area contributed by atoms with Crippen LogP contribution in [0.1, 0.15) is 29.4 Å². The summed E-state index contributed by atoms with van der Waals surface area (Å²) in [5.74, 6) is -0.353. The maximum atomic E-state index is 12.1. The van der Waals surface area contributed by atoms with Crippen LogP contribution in [0.25, 0.3) is 0 Å². The molecule has 0 unspecified atom stereocenters. The van der Waals surface area contributed by atoms with Crippen LogP contribution in [0.15, 0.2) is 29.4 Å². The van der Waals surface area contributed by atoms with E-state index in [2.05, 4.69) is 15.6 Å². The van der Waals surface area contributed by atoms with Crippen LogP contribution in [-0.2, 0) is 21.9 Å². The van der Waals surface area contributed by atoms with E-state index in [1.165, 1.54) is 11.8 Å². The number of rotatable bonds is 9. The number of nitrogens with one attached hydrogen (secondary N) is 1. The Kier molecular flexibility index (Phi) is 7.62. The van der Waals surface area contributed by atoms with Gasteiger partial charge in [-0.1, -0.05) is 0 Å². The highest BCUT2D eigenvalue weighted by Gasteiger charge is 2.09. The Labute approximate surface area is 168 Å². The fraction of sp³-hybridized carbons (Fsp3) is 0.368.